The maximum atomic E-state index is 9.79. The Morgan fingerprint density at radius 3 is 1.17 bits per heavy atom. The number of hydrogen-bond acceptors (Lipinski definition) is 3. The van der Waals surface area contributed by atoms with Gasteiger partial charge in [-0.3, -0.25) is 9.59 Å². The summed E-state index contributed by atoms with van der Waals surface area (Å²) in [4.78, 5) is 41.2. The van der Waals surface area contributed by atoms with Gasteiger partial charge in [0.05, 0.1) is 0 Å². The van der Waals surface area contributed by atoms with Crippen LogP contribution in [0.2, 0.25) is 0 Å². The van der Waals surface area contributed by atoms with Crippen molar-refractivity contribution in [2.45, 2.75) is 13.8 Å². The Bertz CT molecular complexity index is 184. The Kier molecular flexibility index (Phi) is 11.8. The van der Waals surface area contributed by atoms with Gasteiger partial charge in [-0.1, -0.05) is 0 Å². The first kappa shape index (κ1) is 18.1. The van der Waals surface area contributed by atoms with E-state index in [-0.39, 0.29) is 37.5 Å². The zero-order chi connectivity index (χ0) is 9.65. The molecule has 70 valence electrons. The van der Waals surface area contributed by atoms with Crippen molar-refractivity contribution in [3.63, 3.8) is 0 Å². The van der Waals surface area contributed by atoms with E-state index in [1.165, 1.54) is 13.8 Å². The monoisotopic (exact) mass is 210 g/mol. The van der Waals surface area contributed by atoms with Gasteiger partial charge in [-0.25, -0.2) is 4.57 Å². The summed E-state index contributed by atoms with van der Waals surface area (Å²) in [5, 5.41) is 0. The minimum Gasteiger partial charge on any atom is -1.00 e. The normalized spacial score (nSPS) is 8.75. The van der Waals surface area contributed by atoms with E-state index in [0.29, 0.717) is 0 Å². The van der Waals surface area contributed by atoms with Crippen molar-refractivity contribution in [2.75, 3.05) is 0 Å². The van der Waals surface area contributed by atoms with E-state index < -0.39 is 7.82 Å². The third-order valence-corrected chi connectivity index (χ3v) is 0.496. The molecular formula is C4H11MgO6P. The number of ketones is 2. The smallest absolute Gasteiger partial charge is 1.00 e. The predicted molar refractivity (Wildman–Crippen MR) is 43.6 cm³/mol. The zero-order valence-corrected chi connectivity index (χ0v) is 9.03. The van der Waals surface area contributed by atoms with Gasteiger partial charge < -0.3 is 17.5 Å². The molecule has 0 aliphatic carbocycles. The molecule has 0 saturated carbocycles. The molecule has 0 aromatic rings. The van der Waals surface area contributed by atoms with Crippen LogP contribution in [0.3, 0.4) is 0 Å². The summed E-state index contributed by atoms with van der Waals surface area (Å²) in [5.41, 5.74) is 0. The molecule has 0 saturated heterocycles. The molecular weight excluding hydrogens is 199 g/mol. The van der Waals surface area contributed by atoms with E-state index >= 15 is 0 Å². The van der Waals surface area contributed by atoms with Crippen molar-refractivity contribution < 1.29 is 31.7 Å². The number of carbonyl (C=O) groups is 2. The number of carbonyl (C=O) groups excluding carboxylic acids is 2. The fourth-order valence-corrected chi connectivity index (χ4v) is 0. The van der Waals surface area contributed by atoms with Crippen molar-refractivity contribution in [1.82, 2.24) is 0 Å². The summed E-state index contributed by atoms with van der Waals surface area (Å²) in [6, 6.07) is 0. The Labute approximate surface area is 88.3 Å². The van der Waals surface area contributed by atoms with Crippen LogP contribution in [0.5, 0.6) is 0 Å². The second kappa shape index (κ2) is 7.84. The molecule has 0 spiro atoms. The van der Waals surface area contributed by atoms with Crippen molar-refractivity contribution in [3.05, 3.63) is 0 Å². The van der Waals surface area contributed by atoms with Crippen LogP contribution in [0, 0.1) is 0 Å². The van der Waals surface area contributed by atoms with E-state index in [0.717, 1.165) is 0 Å². The van der Waals surface area contributed by atoms with Crippen LogP contribution in [0.1, 0.15) is 16.7 Å². The summed E-state index contributed by atoms with van der Waals surface area (Å²) in [7, 11) is -4.64. The number of phosphoric acid groups is 1. The molecule has 0 aromatic heterocycles. The molecule has 0 fully saturated rings. The van der Waals surface area contributed by atoms with Crippen LogP contribution in [0.4, 0.5) is 0 Å². The first-order valence-corrected chi connectivity index (χ1v) is 4.01. The minimum absolute atomic E-state index is 0. The Hall–Kier alpha value is 0.216. The molecule has 0 amide bonds. The van der Waals surface area contributed by atoms with Crippen LogP contribution in [-0.2, 0) is 14.2 Å². The van der Waals surface area contributed by atoms with Crippen LogP contribution in [0.25, 0.3) is 0 Å². The second-order valence-corrected chi connectivity index (χ2v) is 2.65. The second-order valence-electron chi connectivity index (χ2n) is 1.63. The molecule has 0 aromatic carbocycles. The maximum absolute atomic E-state index is 9.79. The largest absolute Gasteiger partial charge is 2.00 e. The summed E-state index contributed by atoms with van der Waals surface area (Å²) in [6.45, 7) is 2.50. The Morgan fingerprint density at radius 1 is 1.08 bits per heavy atom. The molecule has 0 unspecified atom stereocenters. The van der Waals surface area contributed by atoms with Crippen molar-refractivity contribution in [3.8, 4) is 0 Å². The van der Waals surface area contributed by atoms with Gasteiger partial charge in [-0.2, -0.15) is 0 Å². The Balaban J connectivity index is -0.0000000321. The fraction of sp³-hybridized carbons (Fsp3) is 0.500. The van der Waals surface area contributed by atoms with E-state index in [9.17, 15) is 9.59 Å². The maximum Gasteiger partial charge on any atom is 2.00 e. The molecule has 12 heavy (non-hydrogen) atoms. The summed E-state index contributed by atoms with van der Waals surface area (Å²) in [5.74, 6) is -0.759. The van der Waals surface area contributed by atoms with Crippen molar-refractivity contribution >= 4 is 42.4 Å². The van der Waals surface area contributed by atoms with Crippen LogP contribution >= 0.6 is 7.82 Å². The standard InChI is InChI=1S/C4H6O2.Mg.H3O4P.2H/c1-3(5)4(2)6;;1-5(2,3)4;;/h1-2H3;;(H3,1,2,3,4);;/q;+2;;2*-1. The van der Waals surface area contributed by atoms with Gasteiger partial charge >= 0.3 is 30.9 Å². The Morgan fingerprint density at radius 2 is 1.17 bits per heavy atom. The third-order valence-electron chi connectivity index (χ3n) is 0.496. The average molecular weight is 210 g/mol. The summed E-state index contributed by atoms with van der Waals surface area (Å²) in [6.07, 6.45) is 0. The molecule has 0 aliphatic heterocycles. The van der Waals surface area contributed by atoms with Gasteiger partial charge in [-0.15, -0.1) is 0 Å². The molecule has 0 radical (unpaired) electrons. The van der Waals surface area contributed by atoms with Crippen molar-refractivity contribution in [2.24, 2.45) is 0 Å². The van der Waals surface area contributed by atoms with Crippen LogP contribution in [0.15, 0.2) is 0 Å². The van der Waals surface area contributed by atoms with E-state index in [1.54, 1.807) is 0 Å². The first-order chi connectivity index (χ1) is 4.64. The molecule has 0 heterocycles. The number of rotatable bonds is 1. The summed E-state index contributed by atoms with van der Waals surface area (Å²) >= 11 is 0. The minimum atomic E-state index is -4.64. The van der Waals surface area contributed by atoms with E-state index in [2.05, 4.69) is 0 Å². The van der Waals surface area contributed by atoms with Gasteiger partial charge in [0.15, 0.2) is 11.6 Å². The van der Waals surface area contributed by atoms with Gasteiger partial charge in [0, 0.05) is 13.8 Å². The van der Waals surface area contributed by atoms with E-state index in [1.807, 2.05) is 0 Å². The van der Waals surface area contributed by atoms with Gasteiger partial charge in [0.2, 0.25) is 0 Å². The summed E-state index contributed by atoms with van der Waals surface area (Å²) < 4.78 is 8.88. The average Bonchev–Trinajstić information content (AvgIpc) is 1.59. The quantitative estimate of drug-likeness (QED) is 0.293. The van der Waals surface area contributed by atoms with Crippen LogP contribution < -0.4 is 0 Å². The number of hydrogen-bond donors (Lipinski definition) is 3. The third kappa shape index (κ3) is 48.8. The fourth-order valence-electron chi connectivity index (χ4n) is 0. The van der Waals surface area contributed by atoms with Gasteiger partial charge in [0.25, 0.3) is 0 Å². The van der Waals surface area contributed by atoms with Crippen LogP contribution in [-0.4, -0.2) is 49.3 Å². The van der Waals surface area contributed by atoms with E-state index in [4.69, 9.17) is 19.2 Å². The van der Waals surface area contributed by atoms with Crippen molar-refractivity contribution in [1.29, 1.82) is 0 Å². The molecule has 0 aliphatic rings. The number of Topliss-reactive ketones (excluding diaryl/α,β-unsaturated/α-hetero) is 2. The molecule has 0 rings (SSSR count). The molecule has 0 atom stereocenters. The first-order valence-electron chi connectivity index (χ1n) is 2.44. The zero-order valence-electron chi connectivity index (χ0n) is 8.72. The predicted octanol–water partition coefficient (Wildman–Crippen LogP) is -0.920. The molecule has 6 nitrogen and oxygen atoms in total. The topological polar surface area (TPSA) is 112 Å². The van der Waals surface area contributed by atoms with Gasteiger partial charge in [-0.05, 0) is 0 Å². The van der Waals surface area contributed by atoms with Gasteiger partial charge in [0.1, 0.15) is 0 Å². The molecule has 0 bridgehead atoms. The SMILES string of the molecule is CC(=O)C(C)=O.O=P(O)(O)O.[H-].[H-].[Mg+2]. The molecule has 8 heteroatoms. The molecule has 3 N–H and O–H groups in total.